The number of nitriles is 1. The molecule has 1 aromatic carbocycles. The first-order chi connectivity index (χ1) is 12.3. The lowest BCUT2D eigenvalue weighted by Gasteiger charge is -2.12. The summed E-state index contributed by atoms with van der Waals surface area (Å²) in [7, 11) is -3.07. The molecule has 1 aromatic heterocycles. The number of hydrogen-bond donors (Lipinski definition) is 2. The van der Waals surface area contributed by atoms with E-state index in [-0.39, 0.29) is 17.2 Å². The molecule has 26 heavy (non-hydrogen) atoms. The van der Waals surface area contributed by atoms with E-state index in [4.69, 9.17) is 5.26 Å². The number of amides is 1. The van der Waals surface area contributed by atoms with Gasteiger partial charge in [-0.25, -0.2) is 18.4 Å². The molecule has 134 valence electrons. The van der Waals surface area contributed by atoms with Gasteiger partial charge in [-0.3, -0.25) is 4.79 Å². The van der Waals surface area contributed by atoms with Crippen LogP contribution in [0, 0.1) is 18.3 Å². The van der Waals surface area contributed by atoms with Gasteiger partial charge in [0.2, 0.25) is 0 Å². The summed E-state index contributed by atoms with van der Waals surface area (Å²) in [6.07, 6.45) is 0.411. The minimum Gasteiger partial charge on any atom is -0.347 e. The molecule has 0 saturated carbocycles. The summed E-state index contributed by atoms with van der Waals surface area (Å²) in [4.78, 5) is 20.8. The molecule has 0 bridgehead atoms. The molecule has 9 heteroatoms. The minimum absolute atomic E-state index is 0.0425. The number of anilines is 2. The van der Waals surface area contributed by atoms with Gasteiger partial charge in [-0.1, -0.05) is 0 Å². The highest BCUT2D eigenvalue weighted by atomic mass is 32.2. The second-order valence-corrected chi connectivity index (χ2v) is 8.30. The van der Waals surface area contributed by atoms with Crippen molar-refractivity contribution >= 4 is 27.2 Å². The van der Waals surface area contributed by atoms with Crippen molar-refractivity contribution in [1.82, 2.24) is 15.3 Å². The minimum atomic E-state index is -3.07. The van der Waals surface area contributed by atoms with Crippen LogP contribution in [0.4, 0.5) is 11.5 Å². The first-order valence-corrected chi connectivity index (χ1v) is 9.81. The number of hydrogen-bond acceptors (Lipinski definition) is 7. The number of benzene rings is 1. The van der Waals surface area contributed by atoms with Crippen LogP contribution in [0.1, 0.15) is 28.3 Å². The van der Waals surface area contributed by atoms with Crippen molar-refractivity contribution in [2.24, 2.45) is 0 Å². The zero-order chi connectivity index (χ0) is 18.7. The molecule has 1 aliphatic heterocycles. The van der Waals surface area contributed by atoms with Gasteiger partial charge in [-0.15, -0.1) is 0 Å². The van der Waals surface area contributed by atoms with Crippen molar-refractivity contribution in [2.75, 3.05) is 16.8 Å². The fourth-order valence-corrected chi connectivity index (χ4v) is 4.37. The highest BCUT2D eigenvalue weighted by molar-refractivity contribution is 7.91. The van der Waals surface area contributed by atoms with E-state index in [2.05, 4.69) is 20.6 Å². The van der Waals surface area contributed by atoms with Crippen LogP contribution in [0.15, 0.2) is 30.3 Å². The Hall–Kier alpha value is -2.99. The van der Waals surface area contributed by atoms with Crippen molar-refractivity contribution in [2.45, 2.75) is 19.4 Å². The molecular formula is C17H17N5O3S. The number of aryl methyl sites for hydroxylation is 1. The summed E-state index contributed by atoms with van der Waals surface area (Å²) >= 11 is 0. The van der Waals surface area contributed by atoms with Crippen LogP contribution in [0.5, 0.6) is 0 Å². The third kappa shape index (κ3) is 4.34. The molecular weight excluding hydrogens is 354 g/mol. The largest absolute Gasteiger partial charge is 0.347 e. The number of nitrogens with zero attached hydrogens (tertiary/aromatic N) is 3. The molecule has 0 aliphatic carbocycles. The maximum Gasteiger partial charge on any atom is 0.270 e. The first-order valence-electron chi connectivity index (χ1n) is 7.99. The summed E-state index contributed by atoms with van der Waals surface area (Å²) in [5.74, 6) is 0.463. The van der Waals surface area contributed by atoms with Gasteiger partial charge in [0.1, 0.15) is 17.3 Å². The number of aromatic nitrogens is 2. The number of rotatable bonds is 4. The maximum atomic E-state index is 12.4. The normalized spacial score (nSPS) is 18.1. The molecule has 2 heterocycles. The Morgan fingerprint density at radius 1 is 1.27 bits per heavy atom. The molecule has 8 nitrogen and oxygen atoms in total. The molecule has 1 unspecified atom stereocenters. The second-order valence-electron chi connectivity index (χ2n) is 6.07. The molecule has 1 aliphatic rings. The number of sulfone groups is 1. The van der Waals surface area contributed by atoms with Gasteiger partial charge in [-0.2, -0.15) is 5.26 Å². The van der Waals surface area contributed by atoms with Crippen LogP contribution in [0.25, 0.3) is 0 Å². The van der Waals surface area contributed by atoms with Crippen LogP contribution < -0.4 is 10.6 Å². The Labute approximate surface area is 151 Å². The lowest BCUT2D eigenvalue weighted by atomic mass is 10.2. The smallest absolute Gasteiger partial charge is 0.270 e. The Morgan fingerprint density at radius 2 is 2.00 bits per heavy atom. The summed E-state index contributed by atoms with van der Waals surface area (Å²) < 4.78 is 23.0. The predicted octanol–water partition coefficient (Wildman–Crippen LogP) is 1.32. The van der Waals surface area contributed by atoms with Gasteiger partial charge in [0, 0.05) is 17.8 Å². The van der Waals surface area contributed by atoms with Crippen LogP contribution in [-0.4, -0.2) is 41.8 Å². The molecule has 1 fully saturated rings. The van der Waals surface area contributed by atoms with Gasteiger partial charge < -0.3 is 10.6 Å². The van der Waals surface area contributed by atoms with Gasteiger partial charge in [0.05, 0.1) is 23.1 Å². The van der Waals surface area contributed by atoms with E-state index in [0.717, 1.165) is 5.69 Å². The van der Waals surface area contributed by atoms with Crippen molar-refractivity contribution in [1.29, 1.82) is 5.26 Å². The lowest BCUT2D eigenvalue weighted by molar-refractivity contribution is 0.0935. The van der Waals surface area contributed by atoms with E-state index in [1.165, 1.54) is 6.07 Å². The van der Waals surface area contributed by atoms with E-state index >= 15 is 0 Å². The molecule has 1 amide bonds. The van der Waals surface area contributed by atoms with Crippen molar-refractivity contribution in [3.63, 3.8) is 0 Å². The maximum absolute atomic E-state index is 12.4. The van der Waals surface area contributed by atoms with Crippen molar-refractivity contribution in [3.8, 4) is 6.07 Å². The van der Waals surface area contributed by atoms with Gasteiger partial charge in [-0.05, 0) is 37.6 Å². The lowest BCUT2D eigenvalue weighted by Crippen LogP contribution is -2.36. The highest BCUT2D eigenvalue weighted by Crippen LogP contribution is 2.17. The Morgan fingerprint density at radius 3 is 2.62 bits per heavy atom. The van der Waals surface area contributed by atoms with E-state index in [0.29, 0.717) is 23.6 Å². The molecule has 0 radical (unpaired) electrons. The predicted molar refractivity (Wildman–Crippen MR) is 95.7 cm³/mol. The Balaban J connectivity index is 1.74. The van der Waals surface area contributed by atoms with Gasteiger partial charge in [0.15, 0.2) is 9.84 Å². The summed E-state index contributed by atoms with van der Waals surface area (Å²) in [6, 6.07) is 9.97. The zero-order valence-electron chi connectivity index (χ0n) is 14.1. The topological polar surface area (TPSA) is 125 Å². The third-order valence-electron chi connectivity index (χ3n) is 3.92. The van der Waals surface area contributed by atoms with Crippen molar-refractivity contribution < 1.29 is 13.2 Å². The van der Waals surface area contributed by atoms with Gasteiger partial charge >= 0.3 is 0 Å². The summed E-state index contributed by atoms with van der Waals surface area (Å²) in [6.45, 7) is 1.67. The Kier molecular flexibility index (Phi) is 4.86. The SMILES string of the molecule is Cc1nc(Nc2ccc(C#N)cc2)cc(C(=O)NC2CCS(=O)(=O)C2)n1. The highest BCUT2D eigenvalue weighted by Gasteiger charge is 2.29. The number of nitrogens with one attached hydrogen (secondary N) is 2. The van der Waals surface area contributed by atoms with Crippen LogP contribution in [-0.2, 0) is 9.84 Å². The number of carbonyl (C=O) groups excluding carboxylic acids is 1. The molecule has 2 N–H and O–H groups in total. The monoisotopic (exact) mass is 371 g/mol. The van der Waals surface area contributed by atoms with Crippen LogP contribution in [0.2, 0.25) is 0 Å². The third-order valence-corrected chi connectivity index (χ3v) is 5.69. The molecule has 2 aromatic rings. The average Bonchev–Trinajstić information content (AvgIpc) is 2.93. The molecule has 1 atom stereocenters. The fraction of sp³-hybridized carbons (Fsp3) is 0.294. The molecule has 1 saturated heterocycles. The van der Waals surface area contributed by atoms with Gasteiger partial charge in [0.25, 0.3) is 5.91 Å². The second kappa shape index (κ2) is 7.09. The first kappa shape index (κ1) is 17.8. The Bertz CT molecular complexity index is 980. The molecule has 0 spiro atoms. The van der Waals surface area contributed by atoms with E-state index < -0.39 is 21.8 Å². The van der Waals surface area contributed by atoms with E-state index in [9.17, 15) is 13.2 Å². The van der Waals surface area contributed by atoms with Crippen LogP contribution in [0.3, 0.4) is 0 Å². The van der Waals surface area contributed by atoms with Crippen molar-refractivity contribution in [3.05, 3.63) is 47.4 Å². The summed E-state index contributed by atoms with van der Waals surface area (Å²) in [5, 5.41) is 14.6. The van der Waals surface area contributed by atoms with E-state index in [1.807, 2.05) is 6.07 Å². The van der Waals surface area contributed by atoms with Crippen LogP contribution >= 0.6 is 0 Å². The number of carbonyl (C=O) groups is 1. The summed E-state index contributed by atoms with van der Waals surface area (Å²) in [5.41, 5.74) is 1.43. The fourth-order valence-electron chi connectivity index (χ4n) is 2.69. The standard InChI is InChI=1S/C17H17N5O3S/c1-11-19-15(17(23)22-14-6-7-26(24,25)10-14)8-16(20-11)21-13-4-2-12(9-18)3-5-13/h2-5,8,14H,6-7,10H2,1H3,(H,22,23)(H,19,20,21). The average molecular weight is 371 g/mol. The zero-order valence-corrected chi connectivity index (χ0v) is 14.9. The van der Waals surface area contributed by atoms with E-state index in [1.54, 1.807) is 31.2 Å². The quantitative estimate of drug-likeness (QED) is 0.830. The molecule has 3 rings (SSSR count).